The van der Waals surface area contributed by atoms with Crippen molar-refractivity contribution >= 4 is 29.3 Å². The zero-order chi connectivity index (χ0) is 14.4. The molecule has 0 aliphatic carbocycles. The van der Waals surface area contributed by atoms with Gasteiger partial charge in [-0.1, -0.05) is 18.2 Å². The van der Waals surface area contributed by atoms with Gasteiger partial charge in [-0.2, -0.15) is 0 Å². The first-order chi connectivity index (χ1) is 9.74. The van der Waals surface area contributed by atoms with Crippen LogP contribution in [0.3, 0.4) is 0 Å². The largest absolute Gasteiger partial charge is 0.361 e. The number of allylic oxidation sites excluding steroid dienone is 1. The van der Waals surface area contributed by atoms with Crippen LogP contribution in [0.4, 0.5) is 10.5 Å². The van der Waals surface area contributed by atoms with E-state index in [1.165, 1.54) is 0 Å². The Morgan fingerprint density at radius 1 is 1.15 bits per heavy atom. The number of halogens is 1. The summed E-state index contributed by atoms with van der Waals surface area (Å²) in [5.74, 6) is 2.00. The van der Waals surface area contributed by atoms with Crippen LogP contribution in [-0.4, -0.2) is 53.8 Å². The van der Waals surface area contributed by atoms with Gasteiger partial charge >= 0.3 is 6.03 Å². The minimum absolute atomic E-state index is 0.127. The Balaban J connectivity index is 1.87. The lowest BCUT2D eigenvalue weighted by atomic mass is 10.3. The van der Waals surface area contributed by atoms with Gasteiger partial charge in [0.2, 0.25) is 0 Å². The topological polar surface area (TPSA) is 52.7 Å². The number of rotatable bonds is 3. The summed E-state index contributed by atoms with van der Waals surface area (Å²) >= 11 is 5.67. The number of nitrogens with zero attached hydrogens (tertiary/aromatic N) is 2. The molecular formula is C14H16ClN3O2. The summed E-state index contributed by atoms with van der Waals surface area (Å²) < 4.78 is 0. The van der Waals surface area contributed by atoms with E-state index < -0.39 is 0 Å². The van der Waals surface area contributed by atoms with E-state index in [4.69, 9.17) is 11.6 Å². The summed E-state index contributed by atoms with van der Waals surface area (Å²) in [6.45, 7) is 2.31. The van der Waals surface area contributed by atoms with E-state index in [0.717, 1.165) is 5.69 Å². The standard InChI is InChI=1S/C14H16ClN3O2/c15-10-13(11-19)17-6-8-18(9-7-17)14(20)16-12-4-2-1-3-5-12/h1-5H,6-10H2,(H,16,20). The van der Waals surface area contributed by atoms with E-state index in [9.17, 15) is 9.59 Å². The molecule has 1 heterocycles. The first kappa shape index (κ1) is 14.4. The predicted octanol–water partition coefficient (Wildman–Crippen LogP) is 1.79. The Hall–Kier alpha value is -1.97. The van der Waals surface area contributed by atoms with Gasteiger partial charge in [-0.25, -0.2) is 9.59 Å². The van der Waals surface area contributed by atoms with Crippen molar-refractivity contribution in [2.24, 2.45) is 0 Å². The Morgan fingerprint density at radius 3 is 2.30 bits per heavy atom. The zero-order valence-electron chi connectivity index (χ0n) is 11.0. The van der Waals surface area contributed by atoms with Gasteiger partial charge in [0.15, 0.2) is 0 Å². The molecule has 1 N–H and O–H groups in total. The van der Waals surface area contributed by atoms with Gasteiger partial charge in [0.1, 0.15) is 11.6 Å². The molecule has 0 bridgehead atoms. The third-order valence-electron chi connectivity index (χ3n) is 3.22. The molecule has 0 atom stereocenters. The minimum Gasteiger partial charge on any atom is -0.361 e. The van der Waals surface area contributed by atoms with E-state index >= 15 is 0 Å². The number of para-hydroxylation sites is 1. The number of anilines is 1. The van der Waals surface area contributed by atoms with Crippen molar-refractivity contribution in [2.45, 2.75) is 0 Å². The summed E-state index contributed by atoms with van der Waals surface area (Å²) in [6, 6.07) is 9.19. The van der Waals surface area contributed by atoms with Gasteiger partial charge in [0, 0.05) is 31.9 Å². The molecule has 5 nitrogen and oxygen atoms in total. The highest BCUT2D eigenvalue weighted by molar-refractivity contribution is 6.20. The number of piperazine rings is 1. The van der Waals surface area contributed by atoms with Crippen molar-refractivity contribution in [3.05, 3.63) is 36.0 Å². The van der Waals surface area contributed by atoms with E-state index in [0.29, 0.717) is 31.9 Å². The molecule has 0 saturated carbocycles. The maximum atomic E-state index is 12.1. The van der Waals surface area contributed by atoms with Crippen LogP contribution >= 0.6 is 11.6 Å². The number of urea groups is 1. The third-order valence-corrected chi connectivity index (χ3v) is 3.47. The molecule has 1 aromatic rings. The molecule has 1 aromatic carbocycles. The highest BCUT2D eigenvalue weighted by Gasteiger charge is 2.22. The molecule has 0 unspecified atom stereocenters. The van der Waals surface area contributed by atoms with Crippen molar-refractivity contribution in [1.29, 1.82) is 0 Å². The summed E-state index contributed by atoms with van der Waals surface area (Å²) in [5, 5.41) is 2.84. The van der Waals surface area contributed by atoms with Gasteiger partial charge in [-0.05, 0) is 12.1 Å². The van der Waals surface area contributed by atoms with E-state index in [1.807, 2.05) is 41.2 Å². The molecule has 6 heteroatoms. The number of hydrogen-bond acceptors (Lipinski definition) is 3. The van der Waals surface area contributed by atoms with Gasteiger partial charge in [0.05, 0.1) is 5.88 Å². The molecule has 106 valence electrons. The Kier molecular flexibility index (Phi) is 5.04. The van der Waals surface area contributed by atoms with Crippen molar-refractivity contribution in [3.63, 3.8) is 0 Å². The second kappa shape index (κ2) is 6.98. The number of amides is 2. The average Bonchev–Trinajstić information content (AvgIpc) is 2.50. The van der Waals surface area contributed by atoms with E-state index in [1.54, 1.807) is 4.90 Å². The zero-order valence-corrected chi connectivity index (χ0v) is 11.8. The van der Waals surface area contributed by atoms with Crippen LogP contribution in [0.5, 0.6) is 0 Å². The van der Waals surface area contributed by atoms with Crippen LogP contribution in [-0.2, 0) is 4.79 Å². The average molecular weight is 294 g/mol. The second-order valence-corrected chi connectivity index (χ2v) is 4.72. The van der Waals surface area contributed by atoms with Crippen LogP contribution < -0.4 is 5.32 Å². The normalized spacial score (nSPS) is 14.7. The smallest absolute Gasteiger partial charge is 0.321 e. The maximum absolute atomic E-state index is 12.1. The minimum atomic E-state index is -0.127. The fourth-order valence-electron chi connectivity index (χ4n) is 2.08. The molecule has 1 aliphatic rings. The molecule has 1 saturated heterocycles. The van der Waals surface area contributed by atoms with Crippen LogP contribution in [0.25, 0.3) is 0 Å². The molecule has 2 rings (SSSR count). The Bertz CT molecular complexity index is 506. The maximum Gasteiger partial charge on any atom is 0.321 e. The summed E-state index contributed by atoms with van der Waals surface area (Å²) in [5.41, 5.74) is 1.23. The Morgan fingerprint density at radius 2 is 1.75 bits per heavy atom. The highest BCUT2D eigenvalue weighted by Crippen LogP contribution is 2.11. The molecule has 1 aliphatic heterocycles. The highest BCUT2D eigenvalue weighted by atomic mass is 35.5. The molecule has 0 aromatic heterocycles. The molecule has 0 spiro atoms. The monoisotopic (exact) mass is 293 g/mol. The van der Waals surface area contributed by atoms with Gasteiger partial charge in [-0.15, -0.1) is 11.6 Å². The van der Waals surface area contributed by atoms with Gasteiger partial charge in [-0.3, -0.25) is 0 Å². The number of carbonyl (C=O) groups excluding carboxylic acids is 2. The van der Waals surface area contributed by atoms with Crippen LogP contribution in [0.15, 0.2) is 36.0 Å². The number of hydrogen-bond donors (Lipinski definition) is 1. The SMILES string of the molecule is O=C=C(CCl)N1CCN(C(=O)Nc2ccccc2)CC1. The lowest BCUT2D eigenvalue weighted by Crippen LogP contribution is -2.49. The number of nitrogens with one attached hydrogen (secondary N) is 1. The van der Waals surface area contributed by atoms with E-state index in [-0.39, 0.29) is 11.9 Å². The number of benzene rings is 1. The lowest BCUT2D eigenvalue weighted by molar-refractivity contribution is 0.168. The molecular weight excluding hydrogens is 278 g/mol. The predicted molar refractivity (Wildman–Crippen MR) is 78.5 cm³/mol. The number of alkyl halides is 1. The van der Waals surface area contributed by atoms with Crippen molar-refractivity contribution in [3.8, 4) is 0 Å². The molecule has 2 amide bonds. The van der Waals surface area contributed by atoms with Gasteiger partial charge < -0.3 is 15.1 Å². The van der Waals surface area contributed by atoms with Crippen molar-refractivity contribution in [1.82, 2.24) is 9.80 Å². The van der Waals surface area contributed by atoms with Gasteiger partial charge in [0.25, 0.3) is 0 Å². The van der Waals surface area contributed by atoms with Crippen LogP contribution in [0, 0.1) is 0 Å². The second-order valence-electron chi connectivity index (χ2n) is 4.45. The first-order valence-corrected chi connectivity index (χ1v) is 6.94. The summed E-state index contributed by atoms with van der Waals surface area (Å²) in [6.07, 6.45) is 0. The lowest BCUT2D eigenvalue weighted by Gasteiger charge is -2.35. The van der Waals surface area contributed by atoms with Crippen molar-refractivity contribution < 1.29 is 9.59 Å². The molecule has 20 heavy (non-hydrogen) atoms. The fourth-order valence-corrected chi connectivity index (χ4v) is 2.30. The molecule has 1 fully saturated rings. The summed E-state index contributed by atoms with van der Waals surface area (Å²) in [4.78, 5) is 26.4. The Labute approximate surface area is 122 Å². The first-order valence-electron chi connectivity index (χ1n) is 6.40. The van der Waals surface area contributed by atoms with E-state index in [2.05, 4.69) is 5.32 Å². The van der Waals surface area contributed by atoms with Crippen molar-refractivity contribution in [2.75, 3.05) is 37.4 Å². The van der Waals surface area contributed by atoms with Crippen LogP contribution in [0.1, 0.15) is 0 Å². The summed E-state index contributed by atoms with van der Waals surface area (Å²) in [7, 11) is 0. The van der Waals surface area contributed by atoms with Crippen LogP contribution in [0.2, 0.25) is 0 Å². The quantitative estimate of drug-likeness (QED) is 0.683. The molecule has 0 radical (unpaired) electrons. The number of carbonyl (C=O) groups is 1. The third kappa shape index (κ3) is 3.53. The fraction of sp³-hybridized carbons (Fsp3) is 0.357.